The molecule has 1 saturated heterocycles. The number of nitrogens with zero attached hydrogens (tertiary/aromatic N) is 9. The molecule has 0 saturated carbocycles. The summed E-state index contributed by atoms with van der Waals surface area (Å²) in [6.07, 6.45) is 6.80. The maximum atomic E-state index is 12.9. The molecule has 12 nitrogen and oxygen atoms in total. The number of carbonyl (C=O) groups excluding carboxylic acids is 1. The Bertz CT molecular complexity index is 1520. The van der Waals surface area contributed by atoms with Crippen LogP contribution in [0.2, 0.25) is 0 Å². The highest BCUT2D eigenvalue weighted by Gasteiger charge is 2.26. The molecular weight excluding hydrogens is 484 g/mol. The molecule has 5 heterocycles. The van der Waals surface area contributed by atoms with Crippen LogP contribution in [0.3, 0.4) is 0 Å². The summed E-state index contributed by atoms with van der Waals surface area (Å²) in [5, 5.41) is 20.2. The summed E-state index contributed by atoms with van der Waals surface area (Å²) in [7, 11) is 0. The van der Waals surface area contributed by atoms with E-state index >= 15 is 0 Å². The van der Waals surface area contributed by atoms with Crippen LogP contribution in [0.25, 0.3) is 22.9 Å². The average molecular weight is 511 g/mol. The summed E-state index contributed by atoms with van der Waals surface area (Å²) < 4.78 is 9.16. The number of piperidine rings is 1. The fraction of sp³-hybridized carbons (Fsp3) is 0.269. The molecule has 1 unspecified atom stereocenters. The lowest BCUT2D eigenvalue weighted by Crippen LogP contribution is -2.44. The first-order valence-electron chi connectivity index (χ1n) is 12.5. The van der Waals surface area contributed by atoms with E-state index in [2.05, 4.69) is 40.6 Å². The molecule has 1 aliphatic heterocycles. The minimum atomic E-state index is -0.133. The molecule has 6 rings (SSSR count). The molecule has 192 valence electrons. The molecule has 4 aromatic heterocycles. The number of rotatable bonds is 8. The van der Waals surface area contributed by atoms with Gasteiger partial charge in [-0.15, -0.1) is 15.3 Å². The van der Waals surface area contributed by atoms with E-state index in [0.717, 1.165) is 30.8 Å². The van der Waals surface area contributed by atoms with Crippen LogP contribution in [0.1, 0.15) is 12.8 Å². The van der Waals surface area contributed by atoms with Crippen LogP contribution in [0.15, 0.2) is 73.3 Å². The predicted octanol–water partition coefficient (Wildman–Crippen LogP) is 2.18. The van der Waals surface area contributed by atoms with E-state index in [9.17, 15) is 4.79 Å². The smallest absolute Gasteiger partial charge is 0.231 e. The number of hydrogen-bond acceptors (Lipinski definition) is 9. The second kappa shape index (κ2) is 10.6. The van der Waals surface area contributed by atoms with Gasteiger partial charge in [-0.3, -0.25) is 4.79 Å². The molecule has 5 aromatic rings. The van der Waals surface area contributed by atoms with Gasteiger partial charge in [0.2, 0.25) is 11.8 Å². The van der Waals surface area contributed by atoms with E-state index in [1.54, 1.807) is 21.5 Å². The third-order valence-corrected chi connectivity index (χ3v) is 6.42. The number of ether oxygens (including phenoxy) is 1. The Morgan fingerprint density at radius 2 is 1.95 bits per heavy atom. The van der Waals surface area contributed by atoms with Gasteiger partial charge < -0.3 is 15.0 Å². The Hall–Kier alpha value is -4.87. The van der Waals surface area contributed by atoms with Crippen LogP contribution < -0.4 is 15.0 Å². The van der Waals surface area contributed by atoms with Crippen LogP contribution in [-0.2, 0) is 4.79 Å². The zero-order chi connectivity index (χ0) is 25.7. The van der Waals surface area contributed by atoms with Gasteiger partial charge in [-0.25, -0.2) is 14.6 Å². The Morgan fingerprint density at radius 3 is 2.82 bits per heavy atom. The van der Waals surface area contributed by atoms with Crippen molar-refractivity contribution in [3.63, 3.8) is 0 Å². The summed E-state index contributed by atoms with van der Waals surface area (Å²) in [4.78, 5) is 23.8. The van der Waals surface area contributed by atoms with Crippen LogP contribution in [0, 0.1) is 5.92 Å². The van der Waals surface area contributed by atoms with Gasteiger partial charge in [0, 0.05) is 43.2 Å². The molecule has 0 radical (unpaired) electrons. The quantitative estimate of drug-likeness (QED) is 0.312. The molecule has 1 fully saturated rings. The van der Waals surface area contributed by atoms with Gasteiger partial charge in [-0.2, -0.15) is 9.61 Å². The van der Waals surface area contributed by atoms with Crippen LogP contribution in [0.4, 0.5) is 5.82 Å². The summed E-state index contributed by atoms with van der Waals surface area (Å²) in [6, 6.07) is 17.0. The third-order valence-electron chi connectivity index (χ3n) is 6.42. The average Bonchev–Trinajstić information content (AvgIpc) is 3.66. The fourth-order valence-electron chi connectivity index (χ4n) is 4.53. The molecule has 0 spiro atoms. The number of fused-ring (bicyclic) bond motifs is 1. The van der Waals surface area contributed by atoms with E-state index in [0.29, 0.717) is 42.9 Å². The molecule has 0 aliphatic carbocycles. The van der Waals surface area contributed by atoms with Crippen LogP contribution >= 0.6 is 0 Å². The fourth-order valence-corrected chi connectivity index (χ4v) is 4.53. The summed E-state index contributed by atoms with van der Waals surface area (Å²) >= 11 is 0. The first-order chi connectivity index (χ1) is 18.7. The minimum absolute atomic E-state index is 0.00763. The highest BCUT2D eigenvalue weighted by Crippen LogP contribution is 2.23. The van der Waals surface area contributed by atoms with Crippen molar-refractivity contribution in [2.45, 2.75) is 12.8 Å². The summed E-state index contributed by atoms with van der Waals surface area (Å²) in [6.45, 7) is 2.10. The number of carbonyl (C=O) groups is 1. The van der Waals surface area contributed by atoms with E-state index < -0.39 is 0 Å². The van der Waals surface area contributed by atoms with Gasteiger partial charge in [-0.05, 0) is 25.0 Å². The minimum Gasteiger partial charge on any atom is -0.475 e. The van der Waals surface area contributed by atoms with Crippen molar-refractivity contribution in [3.05, 3.63) is 73.3 Å². The first kappa shape index (κ1) is 23.5. The highest BCUT2D eigenvalue weighted by atomic mass is 16.5. The SMILES string of the molecule is O=C(NCCOc1ccc2nnc(-c3ccccc3)n2n1)C1CCCN(c2cc(-n3cccn3)ncn2)C1. The molecule has 1 amide bonds. The van der Waals surface area contributed by atoms with Gasteiger partial charge in [0.1, 0.15) is 18.8 Å². The van der Waals surface area contributed by atoms with Crippen LogP contribution in [0.5, 0.6) is 5.88 Å². The third kappa shape index (κ3) is 5.01. The standard InChI is InChI=1S/C26H26N10O2/c37-26(20-8-4-13-34(17-20)22-16-23(29-18-28-22)35-14-5-11-30-35)27-12-15-38-24-10-9-21-31-32-25(36(21)33-24)19-6-2-1-3-7-19/h1-3,5-7,9-11,14,16,18,20H,4,8,12-13,15,17H2,(H,27,37). The summed E-state index contributed by atoms with van der Waals surface area (Å²) in [5.74, 6) is 2.43. The highest BCUT2D eigenvalue weighted by molar-refractivity contribution is 5.79. The van der Waals surface area contributed by atoms with Crippen LogP contribution in [-0.4, -0.2) is 71.7 Å². The van der Waals surface area contributed by atoms with E-state index in [-0.39, 0.29) is 11.8 Å². The van der Waals surface area contributed by atoms with Gasteiger partial charge in [-0.1, -0.05) is 30.3 Å². The number of anilines is 1. The molecule has 12 heteroatoms. The molecule has 1 atom stereocenters. The normalized spacial score (nSPS) is 15.5. The van der Waals surface area contributed by atoms with Crippen molar-refractivity contribution in [2.75, 3.05) is 31.1 Å². The lowest BCUT2D eigenvalue weighted by molar-refractivity contribution is -0.125. The van der Waals surface area contributed by atoms with Crippen molar-refractivity contribution in [2.24, 2.45) is 5.92 Å². The van der Waals surface area contributed by atoms with E-state index in [4.69, 9.17) is 4.74 Å². The molecule has 38 heavy (non-hydrogen) atoms. The number of nitrogens with one attached hydrogen (secondary N) is 1. The van der Waals surface area contributed by atoms with Crippen molar-refractivity contribution >= 4 is 17.4 Å². The molecular formula is C26H26N10O2. The largest absolute Gasteiger partial charge is 0.475 e. The summed E-state index contributed by atoms with van der Waals surface area (Å²) in [5.41, 5.74) is 1.55. The van der Waals surface area contributed by atoms with Crippen molar-refractivity contribution < 1.29 is 9.53 Å². The Labute approximate surface area is 218 Å². The Balaban J connectivity index is 1.03. The number of amides is 1. The topological polar surface area (TPSA) is 128 Å². The van der Waals surface area contributed by atoms with Crippen molar-refractivity contribution in [1.82, 2.24) is 44.9 Å². The molecule has 1 aliphatic rings. The lowest BCUT2D eigenvalue weighted by Gasteiger charge is -2.32. The molecule has 1 N–H and O–H groups in total. The lowest BCUT2D eigenvalue weighted by atomic mass is 9.97. The van der Waals surface area contributed by atoms with Gasteiger partial charge in [0.15, 0.2) is 17.3 Å². The Kier molecular flexibility index (Phi) is 6.58. The predicted molar refractivity (Wildman–Crippen MR) is 139 cm³/mol. The maximum Gasteiger partial charge on any atom is 0.231 e. The number of benzene rings is 1. The Morgan fingerprint density at radius 1 is 1.05 bits per heavy atom. The zero-order valence-electron chi connectivity index (χ0n) is 20.6. The molecule has 1 aromatic carbocycles. The van der Waals surface area contributed by atoms with Gasteiger partial charge in [0.05, 0.1) is 12.5 Å². The van der Waals surface area contributed by atoms with E-state index in [1.807, 2.05) is 54.7 Å². The van der Waals surface area contributed by atoms with Crippen molar-refractivity contribution in [3.8, 4) is 23.1 Å². The van der Waals surface area contributed by atoms with E-state index in [1.165, 1.54) is 6.33 Å². The second-order valence-electron chi connectivity index (χ2n) is 8.94. The maximum absolute atomic E-state index is 12.9. The monoisotopic (exact) mass is 510 g/mol. The second-order valence-corrected chi connectivity index (χ2v) is 8.94. The van der Waals surface area contributed by atoms with Gasteiger partial charge >= 0.3 is 0 Å². The first-order valence-corrected chi connectivity index (χ1v) is 12.5. The number of aromatic nitrogens is 8. The van der Waals surface area contributed by atoms with Crippen molar-refractivity contribution in [1.29, 1.82) is 0 Å². The number of hydrogen-bond donors (Lipinski definition) is 1. The molecule has 0 bridgehead atoms. The van der Waals surface area contributed by atoms with Gasteiger partial charge in [0.25, 0.3) is 0 Å². The zero-order valence-corrected chi connectivity index (χ0v) is 20.6.